The molecule has 0 bridgehead atoms. The van der Waals surface area contributed by atoms with Crippen molar-refractivity contribution in [1.29, 1.82) is 0 Å². The lowest BCUT2D eigenvalue weighted by atomic mass is 9.34. The van der Waals surface area contributed by atoms with Gasteiger partial charge < -0.3 is 4.85 Å². The number of hydrogen-bond acceptors (Lipinski definition) is 2. The Morgan fingerprint density at radius 2 is 1.53 bits per heavy atom. The van der Waals surface area contributed by atoms with Crippen molar-refractivity contribution in [3.05, 3.63) is 23.1 Å². The number of fused-ring (bicyclic) bond motifs is 7. The van der Waals surface area contributed by atoms with Crippen LogP contribution in [-0.2, 0) is 9.59 Å². The van der Waals surface area contributed by atoms with Crippen LogP contribution in [0.4, 0.5) is 0 Å². The van der Waals surface area contributed by atoms with E-state index in [1.165, 1.54) is 24.8 Å². The Balaban J connectivity index is 1.65. The molecule has 5 rings (SSSR count). The molecule has 0 radical (unpaired) electrons. The minimum atomic E-state index is -0.589. The van der Waals surface area contributed by atoms with E-state index < -0.39 is 11.5 Å². The van der Waals surface area contributed by atoms with Crippen LogP contribution in [-0.4, -0.2) is 17.6 Å². The van der Waals surface area contributed by atoms with Crippen molar-refractivity contribution in [3.63, 3.8) is 0 Å². The zero-order valence-electron chi connectivity index (χ0n) is 22.8. The molecule has 186 valence electrons. The lowest BCUT2D eigenvalue weighted by Gasteiger charge is -2.69. The van der Waals surface area contributed by atoms with Crippen molar-refractivity contribution >= 4 is 11.6 Å². The predicted octanol–water partition coefficient (Wildman–Crippen LogP) is 7.45. The number of Topliss-reactive ketones (excluding diaryl/α,β-unsaturated/α-hetero) is 1. The molecule has 4 fully saturated rings. The van der Waals surface area contributed by atoms with Gasteiger partial charge in [-0.15, -0.1) is 0 Å². The highest BCUT2D eigenvalue weighted by atomic mass is 16.1. The molecule has 0 aromatic carbocycles. The number of nitrogens with zero attached hydrogens (tertiary/aromatic N) is 1. The lowest BCUT2D eigenvalue weighted by molar-refractivity contribution is -0.173. The second-order valence-corrected chi connectivity index (χ2v) is 15.3. The SMILES string of the molecule is [C-]#[N+]C1C[C@]2(C)C3=CC(=O)[C@@H]4[C@@H]5CC(C)(C)CC[C@]5(C)CC[C@@]4(C)[C@]3(C)CC[C@H]2C(C)(C)C1=O. The average Bonchev–Trinajstić information content (AvgIpc) is 2.74. The molecule has 0 aromatic rings. The van der Waals surface area contributed by atoms with E-state index in [1.54, 1.807) is 0 Å². The fraction of sp³-hybridized carbons (Fsp3) is 0.839. The van der Waals surface area contributed by atoms with E-state index in [0.717, 1.165) is 25.7 Å². The van der Waals surface area contributed by atoms with Crippen molar-refractivity contribution in [3.8, 4) is 0 Å². The molecular formula is C31H45NO2. The van der Waals surface area contributed by atoms with Gasteiger partial charge in [0.15, 0.2) is 5.78 Å². The normalized spacial score (nSPS) is 51.2. The third kappa shape index (κ3) is 2.81. The van der Waals surface area contributed by atoms with E-state index in [9.17, 15) is 9.59 Å². The molecular weight excluding hydrogens is 418 g/mol. The van der Waals surface area contributed by atoms with Crippen LogP contribution in [0.2, 0.25) is 0 Å². The number of ketones is 2. The van der Waals surface area contributed by atoms with Crippen LogP contribution in [0.1, 0.15) is 107 Å². The first-order valence-corrected chi connectivity index (χ1v) is 13.7. The molecule has 0 amide bonds. The van der Waals surface area contributed by atoms with Crippen molar-refractivity contribution in [1.82, 2.24) is 0 Å². The topological polar surface area (TPSA) is 38.5 Å². The van der Waals surface area contributed by atoms with Gasteiger partial charge in [0.25, 0.3) is 6.04 Å². The maximum absolute atomic E-state index is 14.2. The van der Waals surface area contributed by atoms with Gasteiger partial charge in [-0.05, 0) is 84.5 Å². The fourth-order valence-electron chi connectivity index (χ4n) is 10.3. The highest BCUT2D eigenvalue weighted by Crippen LogP contribution is 2.74. The van der Waals surface area contributed by atoms with E-state index in [1.807, 2.05) is 0 Å². The largest absolute Gasteiger partial charge is 0.305 e. The molecule has 3 nitrogen and oxygen atoms in total. The third-order valence-corrected chi connectivity index (χ3v) is 12.7. The first-order valence-electron chi connectivity index (χ1n) is 13.7. The average molecular weight is 464 g/mol. The van der Waals surface area contributed by atoms with E-state index in [0.29, 0.717) is 23.5 Å². The van der Waals surface area contributed by atoms with Gasteiger partial charge in [0, 0.05) is 23.2 Å². The molecule has 34 heavy (non-hydrogen) atoms. The van der Waals surface area contributed by atoms with Gasteiger partial charge in [-0.25, -0.2) is 6.57 Å². The standard InChI is InChI=1S/C31H45NO2/c1-26(2)12-13-28(5)14-15-31(8)24(19(28)17-26)21(33)16-23-29(6)18-20(32-9)25(34)27(3,4)22(29)10-11-30(23,31)7/h16,19-20,22,24H,10-15,17-18H2,1-8H3/t19-,20?,22-,24-,28+,29-,30+,31+/m0/s1. The van der Waals surface area contributed by atoms with E-state index in [2.05, 4.69) is 66.3 Å². The number of carbonyl (C=O) groups is 2. The zero-order chi connectivity index (χ0) is 25.1. The first-order chi connectivity index (χ1) is 15.6. The summed E-state index contributed by atoms with van der Waals surface area (Å²) in [5, 5.41) is 0. The highest BCUT2D eigenvalue weighted by molar-refractivity contribution is 5.96. The van der Waals surface area contributed by atoms with E-state index >= 15 is 0 Å². The summed E-state index contributed by atoms with van der Waals surface area (Å²) in [5.74, 6) is 1.19. The highest BCUT2D eigenvalue weighted by Gasteiger charge is 2.70. The predicted molar refractivity (Wildman–Crippen MR) is 136 cm³/mol. The summed E-state index contributed by atoms with van der Waals surface area (Å²) in [7, 11) is 0. The van der Waals surface area contributed by atoms with Crippen LogP contribution in [0.5, 0.6) is 0 Å². The Bertz CT molecular complexity index is 1030. The van der Waals surface area contributed by atoms with Crippen LogP contribution in [0.15, 0.2) is 11.6 Å². The molecule has 8 atom stereocenters. The maximum Gasteiger partial charge on any atom is 0.282 e. The molecule has 1 unspecified atom stereocenters. The number of allylic oxidation sites excluding steroid dienone is 2. The van der Waals surface area contributed by atoms with Crippen molar-refractivity contribution < 1.29 is 9.59 Å². The fourth-order valence-corrected chi connectivity index (χ4v) is 10.3. The molecule has 0 spiro atoms. The molecule has 0 saturated heterocycles. The summed E-state index contributed by atoms with van der Waals surface area (Å²) in [6.07, 6.45) is 10.7. The molecule has 0 heterocycles. The van der Waals surface area contributed by atoms with E-state index in [-0.39, 0.29) is 39.3 Å². The maximum atomic E-state index is 14.2. The smallest absolute Gasteiger partial charge is 0.282 e. The summed E-state index contributed by atoms with van der Waals surface area (Å²) in [4.78, 5) is 31.3. The summed E-state index contributed by atoms with van der Waals surface area (Å²) in [6, 6.07) is -0.589. The van der Waals surface area contributed by atoms with Gasteiger partial charge in [0.05, 0.1) is 0 Å². The van der Waals surface area contributed by atoms with Gasteiger partial charge in [-0.1, -0.05) is 61.0 Å². The number of rotatable bonds is 0. The van der Waals surface area contributed by atoms with Gasteiger partial charge in [-0.3, -0.25) is 9.59 Å². The molecule has 4 saturated carbocycles. The monoisotopic (exact) mass is 463 g/mol. The van der Waals surface area contributed by atoms with Crippen molar-refractivity contribution in [2.75, 3.05) is 0 Å². The third-order valence-electron chi connectivity index (χ3n) is 12.7. The minimum absolute atomic E-state index is 0.0528. The van der Waals surface area contributed by atoms with Crippen LogP contribution >= 0.6 is 0 Å². The van der Waals surface area contributed by atoms with Gasteiger partial charge in [-0.2, -0.15) is 0 Å². The zero-order valence-corrected chi connectivity index (χ0v) is 22.8. The summed E-state index contributed by atoms with van der Waals surface area (Å²) < 4.78 is 0. The summed E-state index contributed by atoms with van der Waals surface area (Å²) >= 11 is 0. The van der Waals surface area contributed by atoms with Crippen LogP contribution in [0, 0.1) is 56.8 Å². The summed E-state index contributed by atoms with van der Waals surface area (Å²) in [6.45, 7) is 26.3. The van der Waals surface area contributed by atoms with Gasteiger partial charge >= 0.3 is 0 Å². The van der Waals surface area contributed by atoms with E-state index in [4.69, 9.17) is 6.57 Å². The molecule has 5 aliphatic rings. The van der Waals surface area contributed by atoms with Crippen molar-refractivity contribution in [2.24, 2.45) is 50.2 Å². The second kappa shape index (κ2) is 6.86. The Labute approximate surface area is 207 Å². The van der Waals surface area contributed by atoms with Gasteiger partial charge in [0.2, 0.25) is 5.78 Å². The second-order valence-electron chi connectivity index (χ2n) is 15.3. The number of hydrogen-bond donors (Lipinski definition) is 0. The lowest BCUT2D eigenvalue weighted by Crippen LogP contribution is -2.65. The molecule has 0 aliphatic heterocycles. The van der Waals surface area contributed by atoms with Crippen LogP contribution in [0.25, 0.3) is 4.85 Å². The minimum Gasteiger partial charge on any atom is -0.305 e. The Hall–Kier alpha value is -1.43. The molecule has 5 aliphatic carbocycles. The quantitative estimate of drug-likeness (QED) is 0.350. The van der Waals surface area contributed by atoms with Gasteiger partial charge in [0.1, 0.15) is 0 Å². The Morgan fingerprint density at radius 1 is 0.882 bits per heavy atom. The molecule has 3 heteroatoms. The van der Waals surface area contributed by atoms with Crippen LogP contribution in [0.3, 0.4) is 0 Å². The molecule has 0 N–H and O–H groups in total. The summed E-state index contributed by atoms with van der Waals surface area (Å²) in [5.41, 5.74) is 0.954. The Kier molecular flexibility index (Phi) is 4.90. The molecule has 0 aromatic heterocycles. The Morgan fingerprint density at radius 3 is 2.18 bits per heavy atom. The number of carbonyl (C=O) groups excluding carboxylic acids is 2. The van der Waals surface area contributed by atoms with Crippen molar-refractivity contribution in [2.45, 2.75) is 113 Å². The van der Waals surface area contributed by atoms with Crippen LogP contribution < -0.4 is 0 Å². The first kappa shape index (κ1) is 24.3.